The number of amides is 1. The number of thioether (sulfide) groups is 1. The maximum atomic E-state index is 12.8. The van der Waals surface area contributed by atoms with Gasteiger partial charge in [0.05, 0.1) is 23.9 Å². The van der Waals surface area contributed by atoms with Crippen LogP contribution in [0.4, 0.5) is 0 Å². The SMILES string of the molecule is CCC(C)NC(=O)CSc1nnc(-c2cccc(S(=O)(=O)N3CCOCC3)c2)o1. The third-order valence-electron chi connectivity index (χ3n) is 4.44. The number of hydrogen-bond acceptors (Lipinski definition) is 8. The number of aromatic nitrogens is 2. The zero-order valence-electron chi connectivity index (χ0n) is 16.3. The second kappa shape index (κ2) is 9.70. The van der Waals surface area contributed by atoms with Crippen LogP contribution in [0.3, 0.4) is 0 Å². The zero-order chi connectivity index (χ0) is 20.9. The predicted molar refractivity (Wildman–Crippen MR) is 108 cm³/mol. The molecule has 1 unspecified atom stereocenters. The molecule has 2 aromatic rings. The second-order valence-electron chi connectivity index (χ2n) is 6.58. The van der Waals surface area contributed by atoms with Crippen LogP contribution in [0.5, 0.6) is 0 Å². The van der Waals surface area contributed by atoms with Crippen molar-refractivity contribution in [2.45, 2.75) is 36.4 Å². The van der Waals surface area contributed by atoms with Crippen molar-refractivity contribution in [1.82, 2.24) is 19.8 Å². The highest BCUT2D eigenvalue weighted by Gasteiger charge is 2.27. The molecule has 1 fully saturated rings. The highest BCUT2D eigenvalue weighted by Crippen LogP contribution is 2.26. The first kappa shape index (κ1) is 21.8. The number of hydrogen-bond donors (Lipinski definition) is 1. The Morgan fingerprint density at radius 2 is 2.07 bits per heavy atom. The molecule has 9 nitrogen and oxygen atoms in total. The van der Waals surface area contributed by atoms with E-state index in [0.29, 0.717) is 31.9 Å². The van der Waals surface area contributed by atoms with Crippen molar-refractivity contribution in [3.05, 3.63) is 24.3 Å². The van der Waals surface area contributed by atoms with Gasteiger partial charge in [-0.05, 0) is 31.5 Å². The molecule has 1 aromatic heterocycles. The quantitative estimate of drug-likeness (QED) is 0.618. The Bertz CT molecular complexity index is 941. The lowest BCUT2D eigenvalue weighted by Crippen LogP contribution is -2.40. The minimum atomic E-state index is -3.62. The van der Waals surface area contributed by atoms with Gasteiger partial charge in [-0.2, -0.15) is 4.31 Å². The van der Waals surface area contributed by atoms with E-state index in [-0.39, 0.29) is 33.7 Å². The van der Waals surface area contributed by atoms with Crippen molar-refractivity contribution in [3.63, 3.8) is 0 Å². The van der Waals surface area contributed by atoms with Gasteiger partial charge in [-0.1, -0.05) is 24.8 Å². The molecular weight excluding hydrogens is 416 g/mol. The van der Waals surface area contributed by atoms with E-state index in [1.54, 1.807) is 18.2 Å². The summed E-state index contributed by atoms with van der Waals surface area (Å²) in [4.78, 5) is 12.0. The Labute approximate surface area is 174 Å². The molecule has 0 bridgehead atoms. The Hall–Kier alpha value is -1.95. The first-order valence-electron chi connectivity index (χ1n) is 9.34. The van der Waals surface area contributed by atoms with E-state index in [2.05, 4.69) is 15.5 Å². The fourth-order valence-electron chi connectivity index (χ4n) is 2.66. The van der Waals surface area contributed by atoms with E-state index in [0.717, 1.165) is 18.2 Å². The minimum absolute atomic E-state index is 0.109. The largest absolute Gasteiger partial charge is 0.411 e. The van der Waals surface area contributed by atoms with E-state index in [9.17, 15) is 13.2 Å². The Balaban J connectivity index is 1.69. The van der Waals surface area contributed by atoms with Crippen LogP contribution < -0.4 is 5.32 Å². The number of nitrogens with one attached hydrogen (secondary N) is 1. The fourth-order valence-corrected chi connectivity index (χ4v) is 4.68. The van der Waals surface area contributed by atoms with Gasteiger partial charge in [0.2, 0.25) is 21.8 Å². The van der Waals surface area contributed by atoms with Gasteiger partial charge in [-0.15, -0.1) is 10.2 Å². The molecule has 0 spiro atoms. The van der Waals surface area contributed by atoms with Crippen LogP contribution >= 0.6 is 11.8 Å². The highest BCUT2D eigenvalue weighted by molar-refractivity contribution is 7.99. The first-order chi connectivity index (χ1) is 13.9. The molecule has 1 N–H and O–H groups in total. The van der Waals surface area contributed by atoms with Crippen LogP contribution in [0.15, 0.2) is 38.8 Å². The average Bonchev–Trinajstić information content (AvgIpc) is 3.22. The summed E-state index contributed by atoms with van der Waals surface area (Å²) in [6, 6.07) is 6.51. The summed E-state index contributed by atoms with van der Waals surface area (Å²) in [7, 11) is -3.62. The van der Waals surface area contributed by atoms with Gasteiger partial charge < -0.3 is 14.5 Å². The summed E-state index contributed by atoms with van der Waals surface area (Å²) < 4.78 is 37.9. The molecule has 0 aliphatic carbocycles. The Kier molecular flexibility index (Phi) is 7.28. The van der Waals surface area contributed by atoms with E-state index < -0.39 is 10.0 Å². The number of ether oxygens (including phenoxy) is 1. The van der Waals surface area contributed by atoms with E-state index in [1.807, 2.05) is 13.8 Å². The van der Waals surface area contributed by atoms with Crippen LogP contribution in [0.25, 0.3) is 11.5 Å². The summed E-state index contributed by atoms with van der Waals surface area (Å²) in [5, 5.41) is 11.0. The Morgan fingerprint density at radius 1 is 1.31 bits per heavy atom. The van der Waals surface area contributed by atoms with Crippen molar-refractivity contribution in [2.75, 3.05) is 32.1 Å². The number of nitrogens with zero attached hydrogens (tertiary/aromatic N) is 3. The van der Waals surface area contributed by atoms with Gasteiger partial charge in [0, 0.05) is 24.7 Å². The molecule has 3 rings (SSSR count). The van der Waals surface area contributed by atoms with Crippen molar-refractivity contribution in [3.8, 4) is 11.5 Å². The molecule has 1 amide bonds. The van der Waals surface area contributed by atoms with Crippen LogP contribution in [0.2, 0.25) is 0 Å². The topological polar surface area (TPSA) is 115 Å². The smallest absolute Gasteiger partial charge is 0.277 e. The third-order valence-corrected chi connectivity index (χ3v) is 7.15. The number of carbonyl (C=O) groups excluding carboxylic acids is 1. The molecule has 1 aliphatic rings. The molecule has 11 heteroatoms. The fraction of sp³-hybridized carbons (Fsp3) is 0.500. The van der Waals surface area contributed by atoms with Crippen molar-refractivity contribution in [2.24, 2.45) is 0 Å². The van der Waals surface area contributed by atoms with Crippen molar-refractivity contribution in [1.29, 1.82) is 0 Å². The van der Waals surface area contributed by atoms with E-state index in [4.69, 9.17) is 9.15 Å². The molecule has 2 heterocycles. The summed E-state index contributed by atoms with van der Waals surface area (Å²) in [6.07, 6.45) is 0.852. The van der Waals surface area contributed by atoms with Gasteiger partial charge in [-0.25, -0.2) is 8.42 Å². The lowest BCUT2D eigenvalue weighted by atomic mass is 10.2. The lowest BCUT2D eigenvalue weighted by molar-refractivity contribution is -0.119. The van der Waals surface area contributed by atoms with Gasteiger partial charge in [0.1, 0.15) is 0 Å². The first-order valence-corrected chi connectivity index (χ1v) is 11.8. The molecule has 29 heavy (non-hydrogen) atoms. The molecule has 1 atom stereocenters. The molecule has 1 aliphatic heterocycles. The molecule has 1 aromatic carbocycles. The monoisotopic (exact) mass is 440 g/mol. The maximum absolute atomic E-state index is 12.8. The second-order valence-corrected chi connectivity index (χ2v) is 9.45. The van der Waals surface area contributed by atoms with Crippen LogP contribution in [-0.4, -0.2) is 66.9 Å². The highest BCUT2D eigenvalue weighted by atomic mass is 32.2. The summed E-state index contributed by atoms with van der Waals surface area (Å²) >= 11 is 1.14. The molecule has 0 radical (unpaired) electrons. The van der Waals surface area contributed by atoms with Crippen LogP contribution in [0.1, 0.15) is 20.3 Å². The van der Waals surface area contributed by atoms with Crippen LogP contribution in [0, 0.1) is 0 Å². The predicted octanol–water partition coefficient (Wildman–Crippen LogP) is 1.76. The van der Waals surface area contributed by atoms with Crippen molar-refractivity contribution >= 4 is 27.7 Å². The van der Waals surface area contributed by atoms with Crippen LogP contribution in [-0.2, 0) is 19.6 Å². The van der Waals surface area contributed by atoms with Crippen molar-refractivity contribution < 1.29 is 22.4 Å². The molecule has 1 saturated heterocycles. The van der Waals surface area contributed by atoms with Gasteiger partial charge in [0.25, 0.3) is 5.22 Å². The van der Waals surface area contributed by atoms with E-state index in [1.165, 1.54) is 10.4 Å². The Morgan fingerprint density at radius 3 is 2.79 bits per heavy atom. The number of carbonyl (C=O) groups is 1. The summed E-state index contributed by atoms with van der Waals surface area (Å²) in [5.74, 6) is 0.258. The summed E-state index contributed by atoms with van der Waals surface area (Å²) in [6.45, 7) is 5.35. The van der Waals surface area contributed by atoms with Gasteiger partial charge in [-0.3, -0.25) is 4.79 Å². The molecular formula is C18H24N4O5S2. The zero-order valence-corrected chi connectivity index (χ0v) is 18.0. The average molecular weight is 441 g/mol. The number of sulfonamides is 1. The minimum Gasteiger partial charge on any atom is -0.411 e. The third kappa shape index (κ3) is 5.56. The number of morpholine rings is 1. The summed E-state index contributed by atoms with van der Waals surface area (Å²) in [5.41, 5.74) is 0.503. The van der Waals surface area contributed by atoms with Gasteiger partial charge in [0.15, 0.2) is 0 Å². The van der Waals surface area contributed by atoms with Gasteiger partial charge >= 0.3 is 0 Å². The number of rotatable bonds is 8. The molecule has 0 saturated carbocycles. The molecule has 158 valence electrons. The normalized spacial score (nSPS) is 16.5. The standard InChI is InChI=1S/C18H24N4O5S2/c1-3-13(2)19-16(23)12-28-18-21-20-17(27-18)14-5-4-6-15(11-14)29(24,25)22-7-9-26-10-8-22/h4-6,11,13H,3,7-10,12H2,1-2H3,(H,19,23). The lowest BCUT2D eigenvalue weighted by Gasteiger charge is -2.26. The maximum Gasteiger partial charge on any atom is 0.277 e. The van der Waals surface area contributed by atoms with E-state index >= 15 is 0 Å². The number of benzene rings is 1.